The molecule has 0 aliphatic carbocycles. The molecule has 0 aromatic carbocycles. The van der Waals surface area contributed by atoms with Crippen LogP contribution in [0.1, 0.15) is 46.0 Å². The van der Waals surface area contributed by atoms with Gasteiger partial charge in [-0.15, -0.1) is 32.9 Å². The molecule has 0 aromatic heterocycles. The molecule has 0 bridgehead atoms. The molecule has 0 unspecified atom stereocenters. The molecular formula is C28H40Ag2BrO10-. The Morgan fingerprint density at radius 1 is 0.829 bits per heavy atom. The summed E-state index contributed by atoms with van der Waals surface area (Å²) in [7, 11) is 2.53. The van der Waals surface area contributed by atoms with Crippen molar-refractivity contribution < 1.29 is 90.0 Å². The summed E-state index contributed by atoms with van der Waals surface area (Å²) in [6, 6.07) is 0. The van der Waals surface area contributed by atoms with E-state index >= 15 is 0 Å². The number of ether oxygens (including phenoxy) is 2. The van der Waals surface area contributed by atoms with Crippen molar-refractivity contribution in [2.75, 3.05) is 19.5 Å². The Kier molecular flexibility index (Phi) is 42.9. The van der Waals surface area contributed by atoms with E-state index in [0.29, 0.717) is 0 Å². The topological polar surface area (TPSA) is 158 Å². The number of hydrogen-bond acceptors (Lipinski definition) is 9. The van der Waals surface area contributed by atoms with Crippen molar-refractivity contribution in [3.8, 4) is 0 Å². The fourth-order valence-corrected chi connectivity index (χ4v) is 2.52. The van der Waals surface area contributed by atoms with Crippen LogP contribution in [-0.4, -0.2) is 60.4 Å². The molecule has 0 heterocycles. The number of carboxylic acids is 1. The summed E-state index contributed by atoms with van der Waals surface area (Å²) in [6.45, 7) is 20.0. The molecular weight excluding hydrogens is 792 g/mol. The summed E-state index contributed by atoms with van der Waals surface area (Å²) in [5, 5.41) is 9.62. The van der Waals surface area contributed by atoms with E-state index in [0.717, 1.165) is 5.33 Å². The number of halogens is 1. The van der Waals surface area contributed by atoms with E-state index in [9.17, 15) is 28.8 Å². The van der Waals surface area contributed by atoms with Crippen molar-refractivity contribution in [3.05, 3.63) is 63.3 Å². The summed E-state index contributed by atoms with van der Waals surface area (Å²) < 4.78 is 16.9. The number of ketones is 2. The van der Waals surface area contributed by atoms with Crippen molar-refractivity contribution in [1.82, 2.24) is 0 Å². The van der Waals surface area contributed by atoms with Crippen molar-refractivity contribution in [1.29, 1.82) is 0 Å². The average Bonchev–Trinajstić information content (AvgIpc) is 2.93. The molecule has 0 spiro atoms. The van der Waals surface area contributed by atoms with Gasteiger partial charge in [0.15, 0.2) is 0 Å². The van der Waals surface area contributed by atoms with Crippen LogP contribution in [0.15, 0.2) is 63.3 Å². The Morgan fingerprint density at radius 2 is 1.20 bits per heavy atom. The third-order valence-electron chi connectivity index (χ3n) is 4.56. The first-order valence-corrected chi connectivity index (χ1v) is 13.0. The minimum absolute atomic E-state index is 0. The SMILES string of the molecule is C=CCBr.C=CCC(CC=C)(C(C)=O)C(=O)OC.C=CCC([C-]=O)(CC=C)C(=O)O.COC(=O)CC(C)=O.[Ag].[O]=[Ag]. The Balaban J connectivity index is -0.000000103. The molecule has 1 radical (unpaired) electrons. The van der Waals surface area contributed by atoms with E-state index in [1.165, 1.54) is 46.5 Å². The number of rotatable bonds is 15. The molecule has 0 saturated carbocycles. The van der Waals surface area contributed by atoms with Gasteiger partial charge in [-0.05, 0) is 44.9 Å². The van der Waals surface area contributed by atoms with E-state index in [1.54, 1.807) is 39.3 Å². The summed E-state index contributed by atoms with van der Waals surface area (Å²) in [4.78, 5) is 64.4. The number of aliphatic carboxylic acids is 1. The van der Waals surface area contributed by atoms with Crippen LogP contribution in [0.5, 0.6) is 0 Å². The van der Waals surface area contributed by atoms with Gasteiger partial charge in [0.1, 0.15) is 23.4 Å². The summed E-state index contributed by atoms with van der Waals surface area (Å²) in [5.74, 6) is -2.57. The van der Waals surface area contributed by atoms with Crippen LogP contribution in [0.3, 0.4) is 0 Å². The van der Waals surface area contributed by atoms with E-state index in [-0.39, 0.29) is 66.1 Å². The number of allylic oxidation sites excluding steroid dienone is 5. The van der Waals surface area contributed by atoms with Crippen LogP contribution in [0.2, 0.25) is 0 Å². The van der Waals surface area contributed by atoms with Gasteiger partial charge in [-0.3, -0.25) is 24.0 Å². The number of hydrogen-bond donors (Lipinski definition) is 1. The van der Waals surface area contributed by atoms with Crippen LogP contribution in [0.25, 0.3) is 0 Å². The predicted molar refractivity (Wildman–Crippen MR) is 152 cm³/mol. The molecule has 0 fully saturated rings. The van der Waals surface area contributed by atoms with Crippen molar-refractivity contribution >= 4 is 51.7 Å². The van der Waals surface area contributed by atoms with E-state index < -0.39 is 28.7 Å². The van der Waals surface area contributed by atoms with Crippen molar-refractivity contribution in [2.45, 2.75) is 46.0 Å². The molecule has 1 N–H and O–H groups in total. The normalized spacial score (nSPS) is 8.95. The third kappa shape index (κ3) is 25.3. The molecule has 41 heavy (non-hydrogen) atoms. The standard InChI is InChI=1S/C11H16O3.C9H11O3.C5H8O3.C3H5Br.2Ag.O/c1-5-7-11(8-6-2,9(3)12)10(13)14-4;1-3-5-9(7-10,6-4-2)8(11)12;1-4(6)3-5(7)8-2;1-2-3-4;;;/h5-6H,1-2,7-8H2,3-4H3;3-4H,1-2,5-6H2,(H,11,12);3H2,1-2H3;2H,1,3H2;;;/q;-1;;;;;. The second-order valence-corrected chi connectivity index (χ2v) is 8.14. The maximum atomic E-state index is 11.5. The number of esters is 2. The van der Waals surface area contributed by atoms with E-state index in [2.05, 4.69) is 58.3 Å². The van der Waals surface area contributed by atoms with Crippen molar-refractivity contribution in [2.24, 2.45) is 10.8 Å². The Morgan fingerprint density at radius 3 is 1.34 bits per heavy atom. The fraction of sp³-hybridized carbons (Fsp3) is 0.429. The van der Waals surface area contributed by atoms with Gasteiger partial charge in [0.2, 0.25) is 0 Å². The first-order valence-electron chi connectivity index (χ1n) is 11.3. The number of Topliss-reactive ketones (excluding diaryl/α,β-unsaturated/α-hetero) is 2. The second kappa shape index (κ2) is 34.1. The van der Waals surface area contributed by atoms with E-state index in [4.69, 9.17) is 8.36 Å². The van der Waals surface area contributed by atoms with Crippen molar-refractivity contribution in [3.63, 3.8) is 0 Å². The van der Waals surface area contributed by atoms with Gasteiger partial charge in [0.05, 0.1) is 14.2 Å². The number of alkyl halides is 1. The molecule has 10 nitrogen and oxygen atoms in total. The fourth-order valence-electron chi connectivity index (χ4n) is 2.52. The van der Waals surface area contributed by atoms with Gasteiger partial charge in [-0.2, -0.15) is 0 Å². The third-order valence-corrected chi connectivity index (χ3v) is 5.01. The minimum atomic E-state index is -1.48. The number of carbonyl (C=O) groups is 5. The van der Waals surface area contributed by atoms with Crippen LogP contribution < -0.4 is 0 Å². The van der Waals surface area contributed by atoms with Crippen LogP contribution in [-0.2, 0) is 84.9 Å². The van der Waals surface area contributed by atoms with E-state index in [1.807, 2.05) is 0 Å². The molecule has 0 aliphatic rings. The molecule has 0 saturated heterocycles. The van der Waals surface area contributed by atoms with Gasteiger partial charge in [-0.25, -0.2) is 6.29 Å². The maximum absolute atomic E-state index is 11.5. The molecule has 0 aliphatic heterocycles. The zero-order valence-electron chi connectivity index (χ0n) is 23.8. The van der Waals surface area contributed by atoms with Crippen LogP contribution in [0, 0.1) is 10.8 Å². The molecule has 0 aromatic rings. The summed E-state index contributed by atoms with van der Waals surface area (Å²) >= 11 is 4.83. The van der Waals surface area contributed by atoms with Gasteiger partial charge in [0.25, 0.3) is 5.97 Å². The Bertz CT molecular complexity index is 837. The summed E-state index contributed by atoms with van der Waals surface area (Å²) in [6.07, 6.45) is 9.79. The number of methoxy groups -OCH3 is 2. The molecule has 0 amide bonds. The molecule has 0 atom stereocenters. The number of carbonyl (C=O) groups excluding carboxylic acids is 5. The number of carboxylic acid groups (broad SMARTS) is 1. The monoisotopic (exact) mass is 829 g/mol. The molecule has 242 valence electrons. The quantitative estimate of drug-likeness (QED) is 0.0608. The zero-order chi connectivity index (χ0) is 32.8. The van der Waals surface area contributed by atoms with Gasteiger partial charge >= 0.3 is 36.2 Å². The predicted octanol–water partition coefficient (Wildman–Crippen LogP) is 4.79. The molecule has 0 rings (SSSR count). The average molecular weight is 832 g/mol. The first kappa shape index (κ1) is 51.6. The van der Waals surface area contributed by atoms with Crippen LogP contribution >= 0.6 is 15.9 Å². The Labute approximate surface area is 279 Å². The zero-order valence-corrected chi connectivity index (χ0v) is 28.3. The van der Waals surface area contributed by atoms with Crippen LogP contribution in [0.4, 0.5) is 0 Å². The molecule has 13 heteroatoms. The van der Waals surface area contributed by atoms with Gasteiger partial charge in [0, 0.05) is 27.7 Å². The van der Waals surface area contributed by atoms with Gasteiger partial charge < -0.3 is 19.4 Å². The summed E-state index contributed by atoms with van der Waals surface area (Å²) in [5.41, 5.74) is -2.61. The second-order valence-electron chi connectivity index (χ2n) is 7.49. The van der Waals surface area contributed by atoms with Gasteiger partial charge in [-0.1, -0.05) is 46.3 Å². The Hall–Kier alpha value is -2.12. The first-order chi connectivity index (χ1) is 18.7.